The number of anilines is 1. The summed E-state index contributed by atoms with van der Waals surface area (Å²) in [4.78, 5) is 23.4. The minimum absolute atomic E-state index is 0.157. The van der Waals surface area contributed by atoms with Crippen LogP contribution in [0.2, 0.25) is 10.0 Å². The van der Waals surface area contributed by atoms with Crippen molar-refractivity contribution in [3.05, 3.63) is 52.4 Å². The van der Waals surface area contributed by atoms with Gasteiger partial charge in [0, 0.05) is 15.7 Å². The average molecular weight is 343 g/mol. The Balaban J connectivity index is 1.88. The third-order valence-corrected chi connectivity index (χ3v) is 3.09. The standard InChI is InChI=1S/C14H12Cl2N2O4/c15-8-4-9(16)6-10(5-8)18-14(21)13(20)17-7-11(19)12-2-1-3-22-12/h1-6,11,19H,7H2,(H,17,20)(H,18,21). The summed E-state index contributed by atoms with van der Waals surface area (Å²) in [7, 11) is 0. The topological polar surface area (TPSA) is 91.6 Å². The highest BCUT2D eigenvalue weighted by Gasteiger charge is 2.17. The van der Waals surface area contributed by atoms with Crippen molar-refractivity contribution in [3.8, 4) is 0 Å². The Labute approximate surface area is 136 Å². The second-order valence-corrected chi connectivity index (χ2v) is 5.23. The SMILES string of the molecule is O=C(NCC(O)c1ccco1)C(=O)Nc1cc(Cl)cc(Cl)c1. The zero-order valence-corrected chi connectivity index (χ0v) is 12.7. The van der Waals surface area contributed by atoms with Crippen LogP contribution < -0.4 is 10.6 Å². The smallest absolute Gasteiger partial charge is 0.313 e. The van der Waals surface area contributed by atoms with E-state index < -0.39 is 17.9 Å². The Kier molecular flexibility index (Phi) is 5.43. The summed E-state index contributed by atoms with van der Waals surface area (Å²) in [6.07, 6.45) is 0.364. The molecule has 0 saturated carbocycles. The van der Waals surface area contributed by atoms with Crippen LogP contribution in [0, 0.1) is 0 Å². The predicted molar refractivity (Wildman–Crippen MR) is 81.8 cm³/mol. The lowest BCUT2D eigenvalue weighted by Crippen LogP contribution is -2.37. The molecule has 0 aliphatic rings. The van der Waals surface area contributed by atoms with Crippen molar-refractivity contribution < 1.29 is 19.1 Å². The fraction of sp³-hybridized carbons (Fsp3) is 0.143. The van der Waals surface area contributed by atoms with E-state index in [2.05, 4.69) is 10.6 Å². The lowest BCUT2D eigenvalue weighted by Gasteiger charge is -2.10. The summed E-state index contributed by atoms with van der Waals surface area (Å²) >= 11 is 11.6. The number of carbonyl (C=O) groups excluding carboxylic acids is 2. The van der Waals surface area contributed by atoms with Crippen molar-refractivity contribution in [1.29, 1.82) is 0 Å². The Bertz CT molecular complexity index is 653. The molecule has 22 heavy (non-hydrogen) atoms. The quantitative estimate of drug-likeness (QED) is 0.744. The van der Waals surface area contributed by atoms with Crippen LogP contribution in [-0.2, 0) is 9.59 Å². The summed E-state index contributed by atoms with van der Waals surface area (Å²) in [6, 6.07) is 7.58. The number of aliphatic hydroxyl groups is 1. The first kappa shape index (κ1) is 16.4. The van der Waals surface area contributed by atoms with Gasteiger partial charge in [-0.2, -0.15) is 0 Å². The van der Waals surface area contributed by atoms with E-state index >= 15 is 0 Å². The fourth-order valence-electron chi connectivity index (χ4n) is 1.66. The van der Waals surface area contributed by atoms with Gasteiger partial charge in [0.15, 0.2) is 0 Å². The lowest BCUT2D eigenvalue weighted by atomic mass is 10.2. The van der Waals surface area contributed by atoms with Gasteiger partial charge in [0.05, 0.1) is 12.8 Å². The Hall–Kier alpha value is -2.02. The highest BCUT2D eigenvalue weighted by atomic mass is 35.5. The van der Waals surface area contributed by atoms with Crippen LogP contribution in [-0.4, -0.2) is 23.5 Å². The number of amides is 2. The molecule has 3 N–H and O–H groups in total. The molecule has 0 spiro atoms. The summed E-state index contributed by atoms with van der Waals surface area (Å²) < 4.78 is 4.98. The zero-order chi connectivity index (χ0) is 16.1. The molecule has 2 aromatic rings. The minimum atomic E-state index is -1.03. The molecule has 8 heteroatoms. The highest BCUT2D eigenvalue weighted by Crippen LogP contribution is 2.22. The summed E-state index contributed by atoms with van der Waals surface area (Å²) in [6.45, 7) is -0.157. The van der Waals surface area contributed by atoms with Crippen LogP contribution in [0.3, 0.4) is 0 Å². The van der Waals surface area contributed by atoms with E-state index in [0.29, 0.717) is 21.5 Å². The van der Waals surface area contributed by atoms with Gasteiger partial charge in [-0.1, -0.05) is 23.2 Å². The first-order chi connectivity index (χ1) is 10.5. The summed E-state index contributed by atoms with van der Waals surface area (Å²) in [5.41, 5.74) is 0.296. The third-order valence-electron chi connectivity index (χ3n) is 2.65. The predicted octanol–water partition coefficient (Wildman–Crippen LogP) is 2.37. The van der Waals surface area contributed by atoms with E-state index in [1.165, 1.54) is 24.5 Å². The van der Waals surface area contributed by atoms with Gasteiger partial charge in [0.25, 0.3) is 0 Å². The molecule has 1 heterocycles. The molecule has 2 amide bonds. The van der Waals surface area contributed by atoms with Crippen molar-refractivity contribution >= 4 is 40.7 Å². The van der Waals surface area contributed by atoms with Crippen LogP contribution in [0.15, 0.2) is 41.0 Å². The molecule has 1 aromatic heterocycles. The molecule has 2 rings (SSSR count). The van der Waals surface area contributed by atoms with Crippen LogP contribution in [0.1, 0.15) is 11.9 Å². The molecule has 1 unspecified atom stereocenters. The van der Waals surface area contributed by atoms with Crippen molar-refractivity contribution in [1.82, 2.24) is 5.32 Å². The first-order valence-electron chi connectivity index (χ1n) is 6.22. The monoisotopic (exact) mass is 342 g/mol. The fourth-order valence-corrected chi connectivity index (χ4v) is 2.19. The van der Waals surface area contributed by atoms with Crippen molar-refractivity contribution in [2.24, 2.45) is 0 Å². The van der Waals surface area contributed by atoms with Gasteiger partial charge in [0.1, 0.15) is 11.9 Å². The van der Waals surface area contributed by atoms with Gasteiger partial charge in [-0.3, -0.25) is 9.59 Å². The molecule has 1 aromatic carbocycles. The maximum Gasteiger partial charge on any atom is 0.313 e. The summed E-state index contributed by atoms with van der Waals surface area (Å²) in [5, 5.41) is 15.0. The van der Waals surface area contributed by atoms with Crippen molar-refractivity contribution in [2.45, 2.75) is 6.10 Å². The van der Waals surface area contributed by atoms with Crippen LogP contribution in [0.4, 0.5) is 5.69 Å². The Morgan fingerprint density at radius 2 is 1.86 bits per heavy atom. The van der Waals surface area contributed by atoms with E-state index in [4.69, 9.17) is 27.6 Å². The molecule has 6 nitrogen and oxygen atoms in total. The molecule has 0 radical (unpaired) electrons. The van der Waals surface area contributed by atoms with Crippen LogP contribution in [0.25, 0.3) is 0 Å². The second-order valence-electron chi connectivity index (χ2n) is 4.35. The number of nitrogens with one attached hydrogen (secondary N) is 2. The molecule has 0 aliphatic carbocycles. The van der Waals surface area contributed by atoms with E-state index in [1.54, 1.807) is 12.1 Å². The Morgan fingerprint density at radius 1 is 1.18 bits per heavy atom. The average Bonchev–Trinajstić information content (AvgIpc) is 2.97. The van der Waals surface area contributed by atoms with Crippen LogP contribution >= 0.6 is 23.2 Å². The normalized spacial score (nSPS) is 11.8. The molecule has 0 saturated heterocycles. The second kappa shape index (κ2) is 7.31. The van der Waals surface area contributed by atoms with E-state index in [1.807, 2.05) is 0 Å². The molecule has 0 bridgehead atoms. The number of aliphatic hydroxyl groups excluding tert-OH is 1. The number of hydrogen-bond acceptors (Lipinski definition) is 4. The first-order valence-corrected chi connectivity index (χ1v) is 6.98. The number of hydrogen-bond donors (Lipinski definition) is 3. The maximum atomic E-state index is 11.7. The number of rotatable bonds is 4. The molecular weight excluding hydrogens is 331 g/mol. The maximum absolute atomic E-state index is 11.7. The minimum Gasteiger partial charge on any atom is -0.467 e. The number of benzene rings is 1. The van der Waals surface area contributed by atoms with Gasteiger partial charge in [-0.05, 0) is 30.3 Å². The number of carbonyl (C=O) groups is 2. The molecule has 0 fully saturated rings. The molecule has 116 valence electrons. The van der Waals surface area contributed by atoms with Crippen LogP contribution in [0.5, 0.6) is 0 Å². The third kappa shape index (κ3) is 4.49. The number of halogens is 2. The zero-order valence-electron chi connectivity index (χ0n) is 11.2. The van der Waals surface area contributed by atoms with Gasteiger partial charge in [-0.25, -0.2) is 0 Å². The van der Waals surface area contributed by atoms with Crippen molar-refractivity contribution in [3.63, 3.8) is 0 Å². The highest BCUT2D eigenvalue weighted by molar-refractivity contribution is 6.40. The van der Waals surface area contributed by atoms with Gasteiger partial charge >= 0.3 is 11.8 Å². The van der Waals surface area contributed by atoms with Gasteiger partial charge < -0.3 is 20.2 Å². The van der Waals surface area contributed by atoms with Crippen molar-refractivity contribution in [2.75, 3.05) is 11.9 Å². The number of furan rings is 1. The molecule has 1 atom stereocenters. The summed E-state index contributed by atoms with van der Waals surface area (Å²) in [5.74, 6) is -1.51. The molecule has 0 aliphatic heterocycles. The van der Waals surface area contributed by atoms with Gasteiger partial charge in [0.2, 0.25) is 0 Å². The lowest BCUT2D eigenvalue weighted by molar-refractivity contribution is -0.136. The van der Waals surface area contributed by atoms with Gasteiger partial charge in [-0.15, -0.1) is 0 Å². The largest absolute Gasteiger partial charge is 0.467 e. The Morgan fingerprint density at radius 3 is 2.45 bits per heavy atom. The van der Waals surface area contributed by atoms with E-state index in [-0.39, 0.29) is 6.54 Å². The van der Waals surface area contributed by atoms with E-state index in [9.17, 15) is 14.7 Å². The van der Waals surface area contributed by atoms with E-state index in [0.717, 1.165) is 0 Å². The molecular formula is C14H12Cl2N2O4.